The molecule has 1 N–H and O–H groups in total. The molecule has 5 nitrogen and oxygen atoms in total. The molecule has 2 aromatic carbocycles. The van der Waals surface area contributed by atoms with E-state index >= 15 is 0 Å². The van der Waals surface area contributed by atoms with E-state index in [1.165, 1.54) is 108 Å². The van der Waals surface area contributed by atoms with Gasteiger partial charge in [0.15, 0.2) is 5.75 Å². The highest BCUT2D eigenvalue weighted by molar-refractivity contribution is 5.85. The molecule has 0 aliphatic carbocycles. The molecule has 41 heavy (non-hydrogen) atoms. The van der Waals surface area contributed by atoms with E-state index in [4.69, 9.17) is 9.47 Å². The van der Waals surface area contributed by atoms with Crippen molar-refractivity contribution < 1.29 is 14.6 Å². The molecule has 0 amide bonds. The smallest absolute Gasteiger partial charge is 0.220 e. The number of hydrogen-bond acceptors (Lipinski definition) is 5. The van der Waals surface area contributed by atoms with Crippen LogP contribution in [0.2, 0.25) is 0 Å². The van der Waals surface area contributed by atoms with Gasteiger partial charge in [0.25, 0.3) is 0 Å². The first-order chi connectivity index (χ1) is 20.1. The van der Waals surface area contributed by atoms with Crippen LogP contribution in [0.4, 0.5) is 5.69 Å². The van der Waals surface area contributed by atoms with E-state index in [9.17, 15) is 9.90 Å². The van der Waals surface area contributed by atoms with E-state index in [-0.39, 0.29) is 5.75 Å². The molecule has 0 aliphatic heterocycles. The fourth-order valence-corrected chi connectivity index (χ4v) is 4.81. The van der Waals surface area contributed by atoms with Crippen molar-refractivity contribution in [3.8, 4) is 17.2 Å². The zero-order chi connectivity index (χ0) is 29.4. The number of hydrogen-bond donors (Lipinski definition) is 1. The quantitative estimate of drug-likeness (QED) is 0.102. The lowest BCUT2D eigenvalue weighted by molar-refractivity contribution is 0.290. The van der Waals surface area contributed by atoms with Crippen LogP contribution in [0.5, 0.6) is 17.2 Å². The number of aliphatic imine (C=N–C) groups is 1. The molecule has 0 fully saturated rings. The van der Waals surface area contributed by atoms with E-state index in [2.05, 4.69) is 18.8 Å². The van der Waals surface area contributed by atoms with Crippen molar-refractivity contribution in [3.05, 3.63) is 58.3 Å². The van der Waals surface area contributed by atoms with E-state index in [0.29, 0.717) is 18.9 Å². The van der Waals surface area contributed by atoms with Gasteiger partial charge in [0, 0.05) is 17.8 Å². The molecule has 0 aliphatic rings. The van der Waals surface area contributed by atoms with Crippen LogP contribution < -0.4 is 14.9 Å². The Morgan fingerprint density at radius 2 is 1.15 bits per heavy atom. The Labute approximate surface area is 249 Å². The van der Waals surface area contributed by atoms with Gasteiger partial charge in [-0.1, -0.05) is 117 Å². The highest BCUT2D eigenvalue weighted by atomic mass is 16.5. The predicted molar refractivity (Wildman–Crippen MR) is 174 cm³/mol. The lowest BCUT2D eigenvalue weighted by Crippen LogP contribution is -2.02. The predicted octanol–water partition coefficient (Wildman–Crippen LogP) is 10.3. The molecule has 0 radical (unpaired) electrons. The van der Waals surface area contributed by atoms with Crippen LogP contribution in [0.3, 0.4) is 0 Å². The largest absolute Gasteiger partial charge is 0.504 e. The zero-order valence-corrected chi connectivity index (χ0v) is 25.9. The maximum atomic E-state index is 11.6. The molecule has 0 saturated carbocycles. The molecule has 2 aromatic rings. The topological polar surface area (TPSA) is 68.1 Å². The van der Waals surface area contributed by atoms with Gasteiger partial charge in [0.1, 0.15) is 11.5 Å². The third-order valence-corrected chi connectivity index (χ3v) is 7.43. The molecule has 0 unspecified atom stereocenters. The minimum absolute atomic E-state index is 0.289. The third kappa shape index (κ3) is 16.3. The molecule has 228 valence electrons. The van der Waals surface area contributed by atoms with Gasteiger partial charge in [-0.2, -0.15) is 0 Å². The second-order valence-electron chi connectivity index (χ2n) is 11.2. The Morgan fingerprint density at radius 1 is 0.634 bits per heavy atom. The van der Waals surface area contributed by atoms with Crippen molar-refractivity contribution in [2.45, 2.75) is 129 Å². The fraction of sp³-hybridized carbons (Fsp3) is 0.611. The second kappa shape index (κ2) is 22.8. The van der Waals surface area contributed by atoms with Crippen LogP contribution in [0.15, 0.2) is 52.3 Å². The average Bonchev–Trinajstić information content (AvgIpc) is 3.14. The number of benzene rings is 1. The Morgan fingerprint density at radius 3 is 1.76 bits per heavy atom. The summed E-state index contributed by atoms with van der Waals surface area (Å²) in [5.74, 6) is 1.27. The summed E-state index contributed by atoms with van der Waals surface area (Å²) in [7, 11) is 0. The molecule has 0 atom stereocenters. The van der Waals surface area contributed by atoms with Gasteiger partial charge >= 0.3 is 0 Å². The van der Waals surface area contributed by atoms with Crippen molar-refractivity contribution in [2.24, 2.45) is 4.99 Å². The van der Waals surface area contributed by atoms with Crippen molar-refractivity contribution in [1.29, 1.82) is 0 Å². The molecule has 2 rings (SSSR count). The van der Waals surface area contributed by atoms with Gasteiger partial charge in [-0.25, -0.2) is 0 Å². The Balaban J connectivity index is 1.74. The lowest BCUT2D eigenvalue weighted by Gasteiger charge is -2.12. The van der Waals surface area contributed by atoms with E-state index < -0.39 is 5.43 Å². The number of aromatic hydroxyl groups is 1. The summed E-state index contributed by atoms with van der Waals surface area (Å²) in [4.78, 5) is 16.1. The molecule has 0 aromatic heterocycles. The van der Waals surface area contributed by atoms with Crippen LogP contribution in [-0.2, 0) is 0 Å². The lowest BCUT2D eigenvalue weighted by atomic mass is 10.0. The standard InChI is InChI=1S/C36H55NO4/c1-3-5-7-9-10-11-12-13-14-15-16-17-18-20-27-40-33-24-21-31(36(29-33)41-28-19-8-6-4-2)30-37-32-22-25-34(38)35(39)26-23-32/h21-26,29-30H,3-20,27-28H2,1-2H3,(H,38,39). The van der Waals surface area contributed by atoms with Crippen molar-refractivity contribution in [3.63, 3.8) is 0 Å². The molecular weight excluding hydrogens is 510 g/mol. The first-order valence-electron chi connectivity index (χ1n) is 16.4. The maximum Gasteiger partial charge on any atom is 0.220 e. The summed E-state index contributed by atoms with van der Waals surface area (Å²) in [5, 5.41) is 9.63. The monoisotopic (exact) mass is 565 g/mol. The Kier molecular flexibility index (Phi) is 19.1. The zero-order valence-electron chi connectivity index (χ0n) is 25.9. The Hall–Kier alpha value is -2.82. The summed E-state index contributed by atoms with van der Waals surface area (Å²) >= 11 is 0. The molecule has 0 heterocycles. The minimum Gasteiger partial charge on any atom is -0.504 e. The average molecular weight is 566 g/mol. The minimum atomic E-state index is -0.428. The molecule has 5 heteroatoms. The molecule has 0 saturated heterocycles. The van der Waals surface area contributed by atoms with Crippen LogP contribution in [0.25, 0.3) is 0 Å². The molecule has 0 spiro atoms. The number of nitrogens with zero attached hydrogens (tertiary/aromatic N) is 1. The van der Waals surface area contributed by atoms with Gasteiger partial charge in [-0.05, 0) is 49.2 Å². The Bertz CT molecular complexity index is 1040. The second-order valence-corrected chi connectivity index (χ2v) is 11.2. The normalized spacial score (nSPS) is 11.3. The highest BCUT2D eigenvalue weighted by Crippen LogP contribution is 2.26. The van der Waals surface area contributed by atoms with Gasteiger partial charge in [0.05, 0.1) is 18.9 Å². The van der Waals surface area contributed by atoms with Gasteiger partial charge in [0.2, 0.25) is 5.43 Å². The van der Waals surface area contributed by atoms with E-state index in [1.54, 1.807) is 18.3 Å². The summed E-state index contributed by atoms with van der Waals surface area (Å²) in [6.07, 6.45) is 25.1. The van der Waals surface area contributed by atoms with Crippen molar-refractivity contribution in [2.75, 3.05) is 13.2 Å². The van der Waals surface area contributed by atoms with Crippen molar-refractivity contribution >= 4 is 11.9 Å². The van der Waals surface area contributed by atoms with Gasteiger partial charge in [-0.15, -0.1) is 0 Å². The highest BCUT2D eigenvalue weighted by Gasteiger charge is 2.06. The summed E-state index contributed by atoms with van der Waals surface area (Å²) in [6.45, 7) is 5.84. The third-order valence-electron chi connectivity index (χ3n) is 7.43. The number of ether oxygens (including phenoxy) is 2. The molecule has 0 bridgehead atoms. The van der Waals surface area contributed by atoms with Crippen LogP contribution in [-0.4, -0.2) is 24.5 Å². The first kappa shape index (κ1) is 34.4. The van der Waals surface area contributed by atoms with Crippen LogP contribution >= 0.6 is 0 Å². The molecular formula is C36H55NO4. The van der Waals surface area contributed by atoms with Crippen LogP contribution in [0, 0.1) is 0 Å². The van der Waals surface area contributed by atoms with Crippen molar-refractivity contribution in [1.82, 2.24) is 0 Å². The number of unbranched alkanes of at least 4 members (excludes halogenated alkanes) is 16. The SMILES string of the molecule is CCCCCCCCCCCCCCCCOc1ccc(C=Nc2ccc(O)c(=O)cc2)c(OCCCCCC)c1. The maximum absolute atomic E-state index is 11.6. The number of rotatable bonds is 24. The van der Waals surface area contributed by atoms with Gasteiger partial charge < -0.3 is 14.6 Å². The summed E-state index contributed by atoms with van der Waals surface area (Å²) in [5.41, 5.74) is 1.000. The fourth-order valence-electron chi connectivity index (χ4n) is 4.81. The summed E-state index contributed by atoms with van der Waals surface area (Å²) in [6, 6.07) is 11.8. The first-order valence-corrected chi connectivity index (χ1v) is 16.4. The van der Waals surface area contributed by atoms with E-state index in [1.807, 2.05) is 18.2 Å². The summed E-state index contributed by atoms with van der Waals surface area (Å²) < 4.78 is 12.2. The van der Waals surface area contributed by atoms with Gasteiger partial charge in [-0.3, -0.25) is 9.79 Å². The van der Waals surface area contributed by atoms with E-state index in [0.717, 1.165) is 36.3 Å². The van der Waals surface area contributed by atoms with Crippen LogP contribution in [0.1, 0.15) is 135 Å².